The van der Waals surface area contributed by atoms with Crippen molar-refractivity contribution in [3.05, 3.63) is 23.4 Å². The zero-order valence-electron chi connectivity index (χ0n) is 17.1. The van der Waals surface area contributed by atoms with E-state index in [1.807, 2.05) is 20.8 Å². The van der Waals surface area contributed by atoms with E-state index in [2.05, 4.69) is 31.3 Å². The molecule has 0 aromatic carbocycles. The van der Waals surface area contributed by atoms with E-state index in [1.165, 1.54) is 12.8 Å². The number of ether oxygens (including phenoxy) is 1. The molecular formula is C21H35N3O2. The molecule has 0 radical (unpaired) electrons. The summed E-state index contributed by atoms with van der Waals surface area (Å²) in [6.45, 7) is 11.8. The predicted molar refractivity (Wildman–Crippen MR) is 107 cm³/mol. The average molecular weight is 362 g/mol. The number of rotatable bonds is 7. The summed E-state index contributed by atoms with van der Waals surface area (Å²) < 4.78 is 5.56. The third-order valence-corrected chi connectivity index (χ3v) is 4.37. The highest BCUT2D eigenvalue weighted by Crippen LogP contribution is 2.27. The quantitative estimate of drug-likeness (QED) is 0.728. The number of anilines is 1. The van der Waals surface area contributed by atoms with Gasteiger partial charge in [0.25, 0.3) is 0 Å². The molecule has 1 aromatic rings. The standard InChI is InChI=1S/C21H35N3O2/c1-16(2)22-14-8-6-7-11-18-13-12-17-10-9-15-24(19(17)23-18)20(25)26-21(3,4)5/h12-13,16,22H,6-11,14-15H2,1-5H3. The van der Waals surface area contributed by atoms with E-state index < -0.39 is 5.60 Å². The van der Waals surface area contributed by atoms with Gasteiger partial charge < -0.3 is 10.1 Å². The first-order chi connectivity index (χ1) is 12.3. The second-order valence-corrected chi connectivity index (χ2v) is 8.44. The van der Waals surface area contributed by atoms with E-state index in [0.717, 1.165) is 49.3 Å². The van der Waals surface area contributed by atoms with Crippen LogP contribution in [0.3, 0.4) is 0 Å². The van der Waals surface area contributed by atoms with Gasteiger partial charge in [0.05, 0.1) is 0 Å². The number of aromatic nitrogens is 1. The Bertz CT molecular complexity index is 593. The molecule has 1 aromatic heterocycles. The Hall–Kier alpha value is -1.62. The molecule has 1 amide bonds. The second kappa shape index (κ2) is 9.36. The fourth-order valence-corrected chi connectivity index (χ4v) is 3.11. The lowest BCUT2D eigenvalue weighted by Gasteiger charge is -2.31. The summed E-state index contributed by atoms with van der Waals surface area (Å²) in [5.74, 6) is 0.796. The minimum atomic E-state index is -0.490. The van der Waals surface area contributed by atoms with Crippen LogP contribution in [0.1, 0.15) is 71.6 Å². The van der Waals surface area contributed by atoms with Crippen LogP contribution in [0, 0.1) is 0 Å². The number of pyridine rings is 1. The summed E-state index contributed by atoms with van der Waals surface area (Å²) in [6, 6.07) is 4.80. The molecule has 0 aliphatic carbocycles. The zero-order chi connectivity index (χ0) is 19.2. The summed E-state index contributed by atoms with van der Waals surface area (Å²) in [7, 11) is 0. The number of nitrogens with zero attached hydrogens (tertiary/aromatic N) is 2. The van der Waals surface area contributed by atoms with Gasteiger partial charge in [-0.2, -0.15) is 0 Å². The predicted octanol–water partition coefficient (Wildman–Crippen LogP) is 4.48. The number of carbonyl (C=O) groups is 1. The van der Waals surface area contributed by atoms with Gasteiger partial charge in [-0.15, -0.1) is 0 Å². The molecule has 1 N–H and O–H groups in total. The molecule has 0 unspecified atom stereocenters. The van der Waals surface area contributed by atoms with Gasteiger partial charge >= 0.3 is 6.09 Å². The van der Waals surface area contributed by atoms with Gasteiger partial charge in [-0.05, 0) is 71.0 Å². The Kier molecular flexibility index (Phi) is 7.44. The number of hydrogen-bond acceptors (Lipinski definition) is 4. The van der Waals surface area contributed by atoms with Crippen molar-refractivity contribution < 1.29 is 9.53 Å². The van der Waals surface area contributed by atoms with Crippen LogP contribution in [0.5, 0.6) is 0 Å². The summed E-state index contributed by atoms with van der Waals surface area (Å²) in [6.07, 6.45) is 6.10. The van der Waals surface area contributed by atoms with Crippen molar-refractivity contribution in [3.8, 4) is 0 Å². The van der Waals surface area contributed by atoms with E-state index >= 15 is 0 Å². The minimum Gasteiger partial charge on any atom is -0.443 e. The highest BCUT2D eigenvalue weighted by atomic mass is 16.6. The molecule has 26 heavy (non-hydrogen) atoms. The Morgan fingerprint density at radius 3 is 2.73 bits per heavy atom. The molecule has 1 aliphatic rings. The van der Waals surface area contributed by atoms with Crippen LogP contribution in [-0.4, -0.2) is 35.8 Å². The van der Waals surface area contributed by atoms with Crippen LogP contribution in [0.4, 0.5) is 10.6 Å². The van der Waals surface area contributed by atoms with Crippen molar-refractivity contribution in [3.63, 3.8) is 0 Å². The molecule has 0 spiro atoms. The molecule has 0 bridgehead atoms. The summed E-state index contributed by atoms with van der Waals surface area (Å²) >= 11 is 0. The van der Waals surface area contributed by atoms with Gasteiger partial charge in [0.2, 0.25) is 0 Å². The molecule has 0 atom stereocenters. The number of amides is 1. The van der Waals surface area contributed by atoms with Gasteiger partial charge in [-0.3, -0.25) is 4.90 Å². The van der Waals surface area contributed by atoms with Crippen molar-refractivity contribution in [2.75, 3.05) is 18.0 Å². The van der Waals surface area contributed by atoms with Gasteiger partial charge in [0, 0.05) is 18.3 Å². The first kappa shape index (κ1) is 20.7. The Morgan fingerprint density at radius 2 is 2.04 bits per heavy atom. The lowest BCUT2D eigenvalue weighted by molar-refractivity contribution is 0.0576. The topological polar surface area (TPSA) is 54.5 Å². The summed E-state index contributed by atoms with van der Waals surface area (Å²) in [4.78, 5) is 19.0. The SMILES string of the molecule is CC(C)NCCCCCc1ccc2c(n1)N(C(=O)OC(C)(C)C)CCC2. The van der Waals surface area contributed by atoms with Crippen LogP contribution >= 0.6 is 0 Å². The molecular weight excluding hydrogens is 326 g/mol. The highest BCUT2D eigenvalue weighted by Gasteiger charge is 2.28. The van der Waals surface area contributed by atoms with Crippen LogP contribution in [0.15, 0.2) is 12.1 Å². The molecule has 2 rings (SSSR count). The second-order valence-electron chi connectivity index (χ2n) is 8.44. The first-order valence-electron chi connectivity index (χ1n) is 9.99. The average Bonchev–Trinajstić information content (AvgIpc) is 2.55. The Labute approximate surface area is 158 Å². The fraction of sp³-hybridized carbons (Fsp3) is 0.714. The third-order valence-electron chi connectivity index (χ3n) is 4.37. The van der Waals surface area contributed by atoms with Gasteiger partial charge in [0.15, 0.2) is 0 Å². The number of unbranched alkanes of at least 4 members (excludes halogenated alkanes) is 2. The maximum absolute atomic E-state index is 12.5. The number of nitrogens with one attached hydrogen (secondary N) is 1. The van der Waals surface area contributed by atoms with Crippen molar-refractivity contribution in [2.24, 2.45) is 0 Å². The summed E-state index contributed by atoms with van der Waals surface area (Å²) in [5, 5.41) is 3.45. The molecule has 1 aliphatic heterocycles. The van der Waals surface area contributed by atoms with Crippen molar-refractivity contribution in [1.82, 2.24) is 10.3 Å². The minimum absolute atomic E-state index is 0.289. The lowest BCUT2D eigenvalue weighted by atomic mass is 10.0. The van der Waals surface area contributed by atoms with Crippen LogP contribution in [0.2, 0.25) is 0 Å². The number of aryl methyl sites for hydroxylation is 2. The van der Waals surface area contributed by atoms with Crippen LogP contribution in [0.25, 0.3) is 0 Å². The number of hydrogen-bond donors (Lipinski definition) is 1. The normalized spacial score (nSPS) is 14.5. The molecule has 0 fully saturated rings. The fourth-order valence-electron chi connectivity index (χ4n) is 3.11. The molecule has 5 heteroatoms. The molecule has 2 heterocycles. The number of fused-ring (bicyclic) bond motifs is 1. The molecule has 0 saturated carbocycles. The lowest BCUT2D eigenvalue weighted by Crippen LogP contribution is -2.40. The number of carbonyl (C=O) groups excluding carboxylic acids is 1. The van der Waals surface area contributed by atoms with Gasteiger partial charge in [0.1, 0.15) is 11.4 Å². The maximum atomic E-state index is 12.5. The van der Waals surface area contributed by atoms with E-state index in [0.29, 0.717) is 12.6 Å². The van der Waals surface area contributed by atoms with E-state index in [9.17, 15) is 4.79 Å². The monoisotopic (exact) mass is 361 g/mol. The highest BCUT2D eigenvalue weighted by molar-refractivity contribution is 5.88. The molecule has 5 nitrogen and oxygen atoms in total. The maximum Gasteiger partial charge on any atom is 0.416 e. The van der Waals surface area contributed by atoms with Crippen molar-refractivity contribution in [2.45, 2.75) is 84.8 Å². The molecule has 146 valence electrons. The van der Waals surface area contributed by atoms with Gasteiger partial charge in [-0.1, -0.05) is 26.3 Å². The van der Waals surface area contributed by atoms with Crippen molar-refractivity contribution >= 4 is 11.9 Å². The van der Waals surface area contributed by atoms with E-state index in [1.54, 1.807) is 4.90 Å². The first-order valence-corrected chi connectivity index (χ1v) is 9.99. The Morgan fingerprint density at radius 1 is 1.27 bits per heavy atom. The summed E-state index contributed by atoms with van der Waals surface area (Å²) in [5.41, 5.74) is 1.72. The molecule has 0 saturated heterocycles. The smallest absolute Gasteiger partial charge is 0.416 e. The third kappa shape index (κ3) is 6.60. The van der Waals surface area contributed by atoms with Gasteiger partial charge in [-0.25, -0.2) is 9.78 Å². The van der Waals surface area contributed by atoms with E-state index in [-0.39, 0.29) is 6.09 Å². The van der Waals surface area contributed by atoms with E-state index in [4.69, 9.17) is 9.72 Å². The Balaban J connectivity index is 1.94. The van der Waals surface area contributed by atoms with Crippen LogP contribution < -0.4 is 10.2 Å². The van der Waals surface area contributed by atoms with Crippen molar-refractivity contribution in [1.29, 1.82) is 0 Å². The largest absolute Gasteiger partial charge is 0.443 e. The zero-order valence-corrected chi connectivity index (χ0v) is 17.1. The van der Waals surface area contributed by atoms with Crippen LogP contribution in [-0.2, 0) is 17.6 Å².